The first kappa shape index (κ1) is 19.4. The number of carbonyl (C=O) groups is 2. The number of hydrogen-bond acceptors (Lipinski definition) is 6. The molecule has 1 N–H and O–H groups in total. The maximum Gasteiger partial charge on any atom is 0.407 e. The smallest absolute Gasteiger partial charge is 0.407 e. The summed E-state index contributed by atoms with van der Waals surface area (Å²) >= 11 is 1.49. The van der Waals surface area contributed by atoms with E-state index in [0.29, 0.717) is 19.6 Å². The van der Waals surface area contributed by atoms with E-state index in [-0.39, 0.29) is 18.7 Å². The van der Waals surface area contributed by atoms with Crippen molar-refractivity contribution in [2.45, 2.75) is 39.0 Å². The molecule has 27 heavy (non-hydrogen) atoms. The number of nitrogens with zero attached hydrogens (tertiary/aromatic N) is 3. The number of aromatic nitrogens is 1. The summed E-state index contributed by atoms with van der Waals surface area (Å²) in [6.45, 7) is 10.8. The molecule has 0 radical (unpaired) electrons. The first-order valence-corrected chi connectivity index (χ1v) is 9.53. The number of amides is 3. The standard InChI is InChI=1S/C18H24N4O4S/c1-5-6-25-22-13-7-12(10-21(11-13)17(22)24)15-19-8-14(27-15)9-20-16(23)26-18(2,3)4/h5,7-8,13H,1,6,9-11H2,2-4H3,(H,20,23). The lowest BCUT2D eigenvalue weighted by Crippen LogP contribution is -2.33. The molecule has 0 aliphatic carbocycles. The lowest BCUT2D eigenvalue weighted by Gasteiger charge is -2.20. The molecule has 2 aliphatic rings. The molecule has 0 spiro atoms. The number of fused-ring (bicyclic) bond motifs is 2. The van der Waals surface area contributed by atoms with Crippen molar-refractivity contribution < 1.29 is 19.2 Å². The summed E-state index contributed by atoms with van der Waals surface area (Å²) in [6, 6.07) is -0.273. The topological polar surface area (TPSA) is 84.0 Å². The molecule has 2 bridgehead atoms. The van der Waals surface area contributed by atoms with Crippen molar-refractivity contribution in [2.24, 2.45) is 0 Å². The Morgan fingerprint density at radius 3 is 3.00 bits per heavy atom. The first-order valence-electron chi connectivity index (χ1n) is 8.71. The molecular formula is C18H24N4O4S. The minimum Gasteiger partial charge on any atom is -0.444 e. The SMILES string of the molecule is C=CCON1C(=O)N2CC(c3ncc(CNC(=O)OC(C)(C)C)s3)=CC1C2. The van der Waals surface area contributed by atoms with Crippen molar-refractivity contribution in [3.63, 3.8) is 0 Å². The van der Waals surface area contributed by atoms with Gasteiger partial charge in [0.1, 0.15) is 10.6 Å². The molecule has 1 aromatic rings. The zero-order chi connectivity index (χ0) is 19.6. The maximum atomic E-state index is 12.3. The third-order valence-electron chi connectivity index (χ3n) is 3.89. The van der Waals surface area contributed by atoms with E-state index in [4.69, 9.17) is 9.57 Å². The summed E-state index contributed by atoms with van der Waals surface area (Å²) in [7, 11) is 0. The predicted molar refractivity (Wildman–Crippen MR) is 102 cm³/mol. The highest BCUT2D eigenvalue weighted by molar-refractivity contribution is 7.12. The van der Waals surface area contributed by atoms with Crippen LogP contribution in [-0.4, -0.2) is 58.4 Å². The third kappa shape index (κ3) is 4.67. The van der Waals surface area contributed by atoms with Gasteiger partial charge in [0.15, 0.2) is 0 Å². The minimum atomic E-state index is -0.532. The molecule has 1 saturated heterocycles. The Bertz CT molecular complexity index is 768. The zero-order valence-electron chi connectivity index (χ0n) is 15.7. The molecule has 1 aromatic heterocycles. The van der Waals surface area contributed by atoms with Gasteiger partial charge < -0.3 is 15.0 Å². The number of alkyl carbamates (subject to hydrolysis) is 1. The normalized spacial score (nSPS) is 19.1. The van der Waals surface area contributed by atoms with Crippen LogP contribution in [0.1, 0.15) is 30.7 Å². The van der Waals surface area contributed by atoms with Crippen LogP contribution in [0.15, 0.2) is 24.9 Å². The molecule has 3 heterocycles. The van der Waals surface area contributed by atoms with Crippen LogP contribution in [0.25, 0.3) is 5.57 Å². The van der Waals surface area contributed by atoms with Crippen LogP contribution in [0, 0.1) is 0 Å². The molecule has 146 valence electrons. The van der Waals surface area contributed by atoms with Gasteiger partial charge in [0, 0.05) is 23.2 Å². The van der Waals surface area contributed by atoms with Crippen LogP contribution in [-0.2, 0) is 16.1 Å². The minimum absolute atomic E-state index is 0.131. The molecule has 0 saturated carbocycles. The van der Waals surface area contributed by atoms with E-state index < -0.39 is 11.7 Å². The van der Waals surface area contributed by atoms with Crippen molar-refractivity contribution in [2.75, 3.05) is 19.7 Å². The summed E-state index contributed by atoms with van der Waals surface area (Å²) in [5, 5.41) is 4.96. The van der Waals surface area contributed by atoms with Crippen molar-refractivity contribution in [1.82, 2.24) is 20.3 Å². The Labute approximate surface area is 162 Å². The highest BCUT2D eigenvalue weighted by Gasteiger charge is 2.41. The number of carbonyl (C=O) groups excluding carboxylic acids is 2. The van der Waals surface area contributed by atoms with Crippen LogP contribution in [0.4, 0.5) is 9.59 Å². The van der Waals surface area contributed by atoms with Gasteiger partial charge >= 0.3 is 12.1 Å². The van der Waals surface area contributed by atoms with Gasteiger partial charge in [-0.25, -0.2) is 14.6 Å². The molecular weight excluding hydrogens is 368 g/mol. The number of hydrogen-bond donors (Lipinski definition) is 1. The lowest BCUT2D eigenvalue weighted by atomic mass is 10.1. The molecule has 3 rings (SSSR count). The number of urea groups is 1. The van der Waals surface area contributed by atoms with E-state index in [1.807, 2.05) is 26.8 Å². The van der Waals surface area contributed by atoms with E-state index in [1.165, 1.54) is 16.4 Å². The van der Waals surface area contributed by atoms with Crippen LogP contribution < -0.4 is 5.32 Å². The number of nitrogens with one attached hydrogen (secondary N) is 1. The number of ether oxygens (including phenoxy) is 1. The summed E-state index contributed by atoms with van der Waals surface area (Å²) in [5.74, 6) is 0. The van der Waals surface area contributed by atoms with Gasteiger partial charge in [0.2, 0.25) is 0 Å². The fourth-order valence-electron chi connectivity index (χ4n) is 2.84. The second-order valence-electron chi connectivity index (χ2n) is 7.32. The number of thiazole rings is 1. The molecule has 1 unspecified atom stereocenters. The van der Waals surface area contributed by atoms with Gasteiger partial charge in [-0.2, -0.15) is 5.06 Å². The van der Waals surface area contributed by atoms with Gasteiger partial charge in [-0.05, 0) is 26.8 Å². The average Bonchev–Trinajstić information content (AvgIpc) is 3.14. The Balaban J connectivity index is 1.62. The van der Waals surface area contributed by atoms with Gasteiger partial charge in [0.25, 0.3) is 0 Å². The number of hydroxylamine groups is 2. The molecule has 2 aliphatic heterocycles. The Hall–Kier alpha value is -2.39. The second-order valence-corrected chi connectivity index (χ2v) is 8.43. The Morgan fingerprint density at radius 1 is 1.52 bits per heavy atom. The monoisotopic (exact) mass is 392 g/mol. The predicted octanol–water partition coefficient (Wildman–Crippen LogP) is 2.79. The van der Waals surface area contributed by atoms with Crippen molar-refractivity contribution >= 4 is 29.0 Å². The fourth-order valence-corrected chi connectivity index (χ4v) is 3.70. The van der Waals surface area contributed by atoms with Crippen LogP contribution in [0.2, 0.25) is 0 Å². The van der Waals surface area contributed by atoms with E-state index in [1.54, 1.807) is 17.2 Å². The van der Waals surface area contributed by atoms with Gasteiger partial charge in [0.05, 0.1) is 25.7 Å². The Morgan fingerprint density at radius 2 is 2.30 bits per heavy atom. The van der Waals surface area contributed by atoms with E-state index in [9.17, 15) is 9.59 Å². The zero-order valence-corrected chi connectivity index (χ0v) is 16.5. The maximum absolute atomic E-state index is 12.3. The van der Waals surface area contributed by atoms with E-state index in [2.05, 4.69) is 16.9 Å². The molecule has 9 heteroatoms. The summed E-state index contributed by atoms with van der Waals surface area (Å²) in [6.07, 6.45) is 4.91. The van der Waals surface area contributed by atoms with Crippen molar-refractivity contribution in [1.29, 1.82) is 0 Å². The van der Waals surface area contributed by atoms with Gasteiger partial charge in [-0.3, -0.25) is 4.84 Å². The second kappa shape index (κ2) is 7.69. The highest BCUT2D eigenvalue weighted by Crippen LogP contribution is 2.31. The quantitative estimate of drug-likeness (QED) is 0.753. The van der Waals surface area contributed by atoms with E-state index >= 15 is 0 Å². The van der Waals surface area contributed by atoms with Crippen LogP contribution in [0.5, 0.6) is 0 Å². The first-order chi connectivity index (χ1) is 12.8. The van der Waals surface area contributed by atoms with E-state index in [0.717, 1.165) is 15.5 Å². The molecule has 0 aromatic carbocycles. The van der Waals surface area contributed by atoms with Gasteiger partial charge in [-0.15, -0.1) is 17.9 Å². The highest BCUT2D eigenvalue weighted by atomic mass is 32.1. The third-order valence-corrected chi connectivity index (χ3v) is 4.96. The molecule has 8 nitrogen and oxygen atoms in total. The number of rotatable bonds is 6. The van der Waals surface area contributed by atoms with Crippen molar-refractivity contribution in [3.05, 3.63) is 34.8 Å². The largest absolute Gasteiger partial charge is 0.444 e. The van der Waals surface area contributed by atoms with Gasteiger partial charge in [-0.1, -0.05) is 6.08 Å². The van der Waals surface area contributed by atoms with Crippen LogP contribution >= 0.6 is 11.3 Å². The van der Waals surface area contributed by atoms with Crippen molar-refractivity contribution in [3.8, 4) is 0 Å². The average molecular weight is 392 g/mol. The Kier molecular flexibility index (Phi) is 5.52. The summed E-state index contributed by atoms with van der Waals surface area (Å²) in [4.78, 5) is 36.7. The summed E-state index contributed by atoms with van der Waals surface area (Å²) in [5.41, 5.74) is 0.452. The molecule has 1 atom stereocenters. The van der Waals surface area contributed by atoms with Crippen LogP contribution in [0.3, 0.4) is 0 Å². The summed E-state index contributed by atoms with van der Waals surface area (Å²) < 4.78 is 5.23. The fraction of sp³-hybridized carbons (Fsp3) is 0.500. The molecule has 1 fully saturated rings. The molecule has 3 amide bonds. The lowest BCUT2D eigenvalue weighted by molar-refractivity contribution is -0.107.